The third kappa shape index (κ3) is 3.97. The minimum absolute atomic E-state index is 0.0693. The molecule has 0 bridgehead atoms. The van der Waals surface area contributed by atoms with Gasteiger partial charge in [0.05, 0.1) is 0 Å². The van der Waals surface area contributed by atoms with Crippen LogP contribution in [0.25, 0.3) is 0 Å². The smallest absolute Gasteiger partial charge is 0.241 e. The lowest BCUT2D eigenvalue weighted by Gasteiger charge is -2.09. The highest BCUT2D eigenvalue weighted by molar-refractivity contribution is 5.75. The Morgan fingerprint density at radius 3 is 3.00 bits per heavy atom. The Balaban J connectivity index is 2.30. The van der Waals surface area contributed by atoms with Gasteiger partial charge in [0.25, 0.3) is 0 Å². The van der Waals surface area contributed by atoms with E-state index in [1.165, 1.54) is 11.0 Å². The van der Waals surface area contributed by atoms with Gasteiger partial charge >= 0.3 is 0 Å². The molecule has 0 aliphatic heterocycles. The maximum atomic E-state index is 11.4. The van der Waals surface area contributed by atoms with Crippen molar-refractivity contribution in [2.75, 3.05) is 12.3 Å². The zero-order valence-electron chi connectivity index (χ0n) is 9.10. The molecule has 1 rings (SSSR count). The Bertz CT molecular complexity index is 322. The van der Waals surface area contributed by atoms with E-state index in [-0.39, 0.29) is 18.4 Å². The summed E-state index contributed by atoms with van der Waals surface area (Å²) in [6, 6.07) is 0. The summed E-state index contributed by atoms with van der Waals surface area (Å²) in [6.07, 6.45) is 2.49. The number of nitrogen functional groups attached to an aromatic ring is 1. The van der Waals surface area contributed by atoms with Crippen molar-refractivity contribution in [3.63, 3.8) is 0 Å². The first-order valence-corrected chi connectivity index (χ1v) is 5.03. The predicted octanol–water partition coefficient (Wildman–Crippen LogP) is 0.0226. The molecule has 6 heteroatoms. The van der Waals surface area contributed by atoms with Crippen LogP contribution in [0, 0.1) is 5.92 Å². The molecule has 84 valence electrons. The zero-order chi connectivity index (χ0) is 11.3. The van der Waals surface area contributed by atoms with Crippen molar-refractivity contribution < 1.29 is 4.79 Å². The van der Waals surface area contributed by atoms with Gasteiger partial charge in [-0.1, -0.05) is 20.3 Å². The predicted molar refractivity (Wildman–Crippen MR) is 56.9 cm³/mol. The Hall–Kier alpha value is -1.59. The zero-order valence-corrected chi connectivity index (χ0v) is 9.10. The fraction of sp³-hybridized carbons (Fsp3) is 0.667. The number of nitrogens with zero attached hydrogens (tertiary/aromatic N) is 3. The third-order valence-corrected chi connectivity index (χ3v) is 2.20. The number of hydrogen-bond acceptors (Lipinski definition) is 4. The van der Waals surface area contributed by atoms with E-state index in [0.29, 0.717) is 12.5 Å². The molecule has 3 N–H and O–H groups in total. The number of amides is 1. The van der Waals surface area contributed by atoms with E-state index in [2.05, 4.69) is 29.2 Å². The summed E-state index contributed by atoms with van der Waals surface area (Å²) in [7, 11) is 0. The average molecular weight is 211 g/mol. The van der Waals surface area contributed by atoms with Crippen molar-refractivity contribution in [3.05, 3.63) is 6.33 Å². The van der Waals surface area contributed by atoms with E-state index in [9.17, 15) is 4.79 Å². The van der Waals surface area contributed by atoms with Crippen molar-refractivity contribution in [1.29, 1.82) is 0 Å². The average Bonchev–Trinajstić information content (AvgIpc) is 2.60. The van der Waals surface area contributed by atoms with E-state index >= 15 is 0 Å². The van der Waals surface area contributed by atoms with E-state index in [1.54, 1.807) is 0 Å². The number of nitrogens with one attached hydrogen (secondary N) is 1. The molecule has 0 aliphatic carbocycles. The van der Waals surface area contributed by atoms with Crippen LogP contribution in [0.3, 0.4) is 0 Å². The quantitative estimate of drug-likeness (QED) is 0.719. The third-order valence-electron chi connectivity index (χ3n) is 2.20. The lowest BCUT2D eigenvalue weighted by atomic mass is 10.1. The number of nitrogens with two attached hydrogens (primary N) is 1. The molecular weight excluding hydrogens is 194 g/mol. The molecule has 0 aromatic carbocycles. The summed E-state index contributed by atoms with van der Waals surface area (Å²) in [6.45, 7) is 5.04. The van der Waals surface area contributed by atoms with Crippen LogP contribution in [0.1, 0.15) is 20.3 Å². The molecule has 0 radical (unpaired) electrons. The minimum atomic E-state index is -0.0693. The van der Waals surface area contributed by atoms with Crippen LogP contribution in [-0.2, 0) is 11.3 Å². The highest BCUT2D eigenvalue weighted by atomic mass is 16.2. The van der Waals surface area contributed by atoms with Gasteiger partial charge in [0.1, 0.15) is 12.9 Å². The number of aromatic nitrogens is 3. The summed E-state index contributed by atoms with van der Waals surface area (Å²) >= 11 is 0. The normalized spacial score (nSPS) is 12.4. The number of carbonyl (C=O) groups excluding carboxylic acids is 1. The molecular formula is C9H17N5O. The van der Waals surface area contributed by atoms with Crippen molar-refractivity contribution in [3.8, 4) is 0 Å². The van der Waals surface area contributed by atoms with Crippen molar-refractivity contribution in [2.24, 2.45) is 5.92 Å². The van der Waals surface area contributed by atoms with Gasteiger partial charge in [0.15, 0.2) is 0 Å². The van der Waals surface area contributed by atoms with Crippen molar-refractivity contribution in [2.45, 2.75) is 26.8 Å². The van der Waals surface area contributed by atoms with Crippen LogP contribution < -0.4 is 11.1 Å². The Morgan fingerprint density at radius 2 is 2.47 bits per heavy atom. The van der Waals surface area contributed by atoms with Gasteiger partial charge in [0, 0.05) is 6.54 Å². The first kappa shape index (κ1) is 11.5. The van der Waals surface area contributed by atoms with Crippen LogP contribution in [0.4, 0.5) is 5.95 Å². The number of carbonyl (C=O) groups is 1. The Morgan fingerprint density at radius 1 is 1.73 bits per heavy atom. The molecule has 1 unspecified atom stereocenters. The highest BCUT2D eigenvalue weighted by Gasteiger charge is 2.05. The fourth-order valence-electron chi connectivity index (χ4n) is 1.02. The number of rotatable bonds is 5. The SMILES string of the molecule is CCC(C)CNC(=O)Cn1cnc(N)n1. The first-order chi connectivity index (χ1) is 7.11. The lowest BCUT2D eigenvalue weighted by molar-refractivity contribution is -0.122. The van der Waals surface area contributed by atoms with Crippen LogP contribution in [0.2, 0.25) is 0 Å². The minimum Gasteiger partial charge on any atom is -0.367 e. The number of anilines is 1. The van der Waals surface area contributed by atoms with Crippen LogP contribution in [0.15, 0.2) is 6.33 Å². The van der Waals surface area contributed by atoms with Gasteiger partial charge < -0.3 is 11.1 Å². The fourth-order valence-corrected chi connectivity index (χ4v) is 1.02. The van der Waals surface area contributed by atoms with Gasteiger partial charge in [-0.15, -0.1) is 5.10 Å². The summed E-state index contributed by atoms with van der Waals surface area (Å²) in [4.78, 5) is 15.1. The molecule has 0 fully saturated rings. The molecule has 1 aromatic heterocycles. The standard InChI is InChI=1S/C9H17N5O/c1-3-7(2)4-11-8(15)5-14-6-12-9(10)13-14/h6-7H,3-5H2,1-2H3,(H2,10,13)(H,11,15). The molecule has 15 heavy (non-hydrogen) atoms. The second kappa shape index (κ2) is 5.33. The van der Waals surface area contributed by atoms with Gasteiger partial charge in [-0.2, -0.15) is 0 Å². The summed E-state index contributed by atoms with van der Waals surface area (Å²) in [5.74, 6) is 0.611. The second-order valence-corrected chi connectivity index (χ2v) is 3.62. The molecule has 1 heterocycles. The van der Waals surface area contributed by atoms with Gasteiger partial charge in [0.2, 0.25) is 11.9 Å². The Kier molecular flexibility index (Phi) is 4.08. The summed E-state index contributed by atoms with van der Waals surface area (Å²) in [5, 5.41) is 6.64. The number of hydrogen-bond donors (Lipinski definition) is 2. The second-order valence-electron chi connectivity index (χ2n) is 3.62. The first-order valence-electron chi connectivity index (χ1n) is 5.03. The van der Waals surface area contributed by atoms with Gasteiger partial charge in [-0.25, -0.2) is 9.67 Å². The monoisotopic (exact) mass is 211 g/mol. The van der Waals surface area contributed by atoms with Crippen molar-refractivity contribution in [1.82, 2.24) is 20.1 Å². The maximum absolute atomic E-state index is 11.4. The van der Waals surface area contributed by atoms with Crippen LogP contribution >= 0.6 is 0 Å². The van der Waals surface area contributed by atoms with E-state index in [0.717, 1.165) is 6.42 Å². The molecule has 6 nitrogen and oxygen atoms in total. The largest absolute Gasteiger partial charge is 0.367 e. The summed E-state index contributed by atoms with van der Waals surface area (Å²) < 4.78 is 1.42. The van der Waals surface area contributed by atoms with Crippen molar-refractivity contribution >= 4 is 11.9 Å². The molecule has 0 saturated heterocycles. The van der Waals surface area contributed by atoms with E-state index in [1.807, 2.05) is 0 Å². The Labute approximate surface area is 88.9 Å². The highest BCUT2D eigenvalue weighted by Crippen LogP contribution is 1.97. The van der Waals surface area contributed by atoms with E-state index in [4.69, 9.17) is 5.73 Å². The molecule has 0 spiro atoms. The van der Waals surface area contributed by atoms with Gasteiger partial charge in [-0.05, 0) is 5.92 Å². The molecule has 0 aliphatic rings. The molecule has 1 aromatic rings. The van der Waals surface area contributed by atoms with E-state index < -0.39 is 0 Å². The maximum Gasteiger partial charge on any atom is 0.241 e. The molecule has 0 saturated carbocycles. The summed E-state index contributed by atoms with van der Waals surface area (Å²) in [5.41, 5.74) is 5.32. The van der Waals surface area contributed by atoms with Gasteiger partial charge in [-0.3, -0.25) is 4.79 Å². The molecule has 1 amide bonds. The van der Waals surface area contributed by atoms with Crippen LogP contribution in [-0.4, -0.2) is 27.2 Å². The lowest BCUT2D eigenvalue weighted by Crippen LogP contribution is -2.31. The topological polar surface area (TPSA) is 85.8 Å². The molecule has 1 atom stereocenters. The van der Waals surface area contributed by atoms with Crippen LogP contribution in [0.5, 0.6) is 0 Å².